The quantitative estimate of drug-likeness (QED) is 0.747. The number of hydrogen-bond donors (Lipinski definition) is 0. The second-order valence-electron chi connectivity index (χ2n) is 2.26. The maximum Gasteiger partial charge on any atom is 0.281 e. The van der Waals surface area contributed by atoms with E-state index in [1.165, 1.54) is 0 Å². The molecule has 7 heteroatoms. The highest BCUT2D eigenvalue weighted by atomic mass is 35.5. The topological polar surface area (TPSA) is 30.0 Å². The Morgan fingerprint density at radius 3 is 2.50 bits per heavy atom. The van der Waals surface area contributed by atoms with Gasteiger partial charge in [-0.15, -0.1) is 0 Å². The van der Waals surface area contributed by atoms with Gasteiger partial charge in [0.05, 0.1) is 5.02 Å². The lowest BCUT2D eigenvalue weighted by molar-refractivity contribution is 0.107. The van der Waals surface area contributed by atoms with Gasteiger partial charge in [-0.1, -0.05) is 11.6 Å². The van der Waals surface area contributed by atoms with Crippen molar-refractivity contribution in [2.24, 2.45) is 0 Å². The van der Waals surface area contributed by atoms with Gasteiger partial charge in [0.25, 0.3) is 11.7 Å². The van der Waals surface area contributed by atoms with Gasteiger partial charge in [-0.05, 0) is 17.7 Å². The summed E-state index contributed by atoms with van der Waals surface area (Å²) in [7, 11) is 0. The molecule has 0 amide bonds. The number of carbonyl (C=O) groups excluding carboxylic acids is 1. The van der Waals surface area contributed by atoms with Crippen LogP contribution < -0.4 is 0 Å². The van der Waals surface area contributed by atoms with E-state index in [1.54, 1.807) is 0 Å². The van der Waals surface area contributed by atoms with E-state index in [-0.39, 0.29) is 0 Å². The molecule has 76 valence electrons. The molecule has 0 saturated carbocycles. The first-order chi connectivity index (χ1) is 6.43. The largest absolute Gasteiger partial charge is 0.281 e. The highest BCUT2D eigenvalue weighted by Gasteiger charge is 2.20. The Bertz CT molecular complexity index is 383. The third kappa shape index (κ3) is 2.16. The Hall–Kier alpha value is -0.810. The molecule has 0 aliphatic heterocycles. The standard InChI is InChI=1S/C7H2Cl2F3NO/c8-2-1-3(10)5(6(9)14)13-4(2)7(11)12/h1,7H. The first-order valence-electron chi connectivity index (χ1n) is 3.27. The average molecular weight is 244 g/mol. The number of pyridine rings is 1. The predicted molar refractivity (Wildman–Crippen MR) is 44.3 cm³/mol. The summed E-state index contributed by atoms with van der Waals surface area (Å²) in [5, 5.41) is -1.79. The molecule has 1 rings (SSSR count). The van der Waals surface area contributed by atoms with E-state index < -0.39 is 33.9 Å². The maximum absolute atomic E-state index is 12.8. The van der Waals surface area contributed by atoms with Crippen molar-refractivity contribution in [2.45, 2.75) is 6.43 Å². The van der Waals surface area contributed by atoms with E-state index >= 15 is 0 Å². The van der Waals surface area contributed by atoms with Gasteiger partial charge >= 0.3 is 0 Å². The molecule has 0 unspecified atom stereocenters. The molecule has 0 bridgehead atoms. The summed E-state index contributed by atoms with van der Waals surface area (Å²) >= 11 is 10.2. The number of rotatable bonds is 2. The van der Waals surface area contributed by atoms with E-state index in [2.05, 4.69) is 4.98 Å². The fraction of sp³-hybridized carbons (Fsp3) is 0.143. The summed E-state index contributed by atoms with van der Waals surface area (Å²) in [5.41, 5.74) is -1.72. The van der Waals surface area contributed by atoms with Gasteiger partial charge in [0.1, 0.15) is 5.69 Å². The first kappa shape index (κ1) is 11.3. The van der Waals surface area contributed by atoms with E-state index in [9.17, 15) is 18.0 Å². The third-order valence-electron chi connectivity index (χ3n) is 1.35. The molecule has 0 saturated heterocycles. The Kier molecular flexibility index (Phi) is 3.34. The van der Waals surface area contributed by atoms with Crippen LogP contribution >= 0.6 is 23.2 Å². The molecular formula is C7H2Cl2F3NO. The number of hydrogen-bond acceptors (Lipinski definition) is 2. The zero-order valence-electron chi connectivity index (χ0n) is 6.40. The Labute approximate surface area is 86.6 Å². The van der Waals surface area contributed by atoms with E-state index in [4.69, 9.17) is 23.2 Å². The zero-order valence-corrected chi connectivity index (χ0v) is 7.91. The van der Waals surface area contributed by atoms with Gasteiger partial charge in [-0.3, -0.25) is 4.79 Å². The summed E-state index contributed by atoms with van der Waals surface area (Å²) in [6, 6.07) is 0.575. The van der Waals surface area contributed by atoms with Crippen LogP contribution in [0.3, 0.4) is 0 Å². The average Bonchev–Trinajstić information content (AvgIpc) is 2.02. The molecule has 0 radical (unpaired) electrons. The second-order valence-corrected chi connectivity index (χ2v) is 3.01. The van der Waals surface area contributed by atoms with Crippen LogP contribution in [0.5, 0.6) is 0 Å². The lowest BCUT2D eigenvalue weighted by atomic mass is 10.3. The van der Waals surface area contributed by atoms with Crippen LogP contribution in [-0.2, 0) is 0 Å². The molecule has 0 atom stereocenters. The number of aromatic nitrogens is 1. The SMILES string of the molecule is O=C(Cl)c1nc(C(F)F)c(Cl)cc1F. The minimum absolute atomic E-state index is 0.542. The van der Waals surface area contributed by atoms with Gasteiger partial charge in [-0.25, -0.2) is 18.2 Å². The summed E-state index contributed by atoms with van der Waals surface area (Å²) in [4.78, 5) is 13.6. The van der Waals surface area contributed by atoms with Crippen LogP contribution in [0.2, 0.25) is 5.02 Å². The van der Waals surface area contributed by atoms with Crippen molar-refractivity contribution >= 4 is 28.4 Å². The van der Waals surface area contributed by atoms with Crippen molar-refractivity contribution in [1.29, 1.82) is 0 Å². The van der Waals surface area contributed by atoms with Crippen molar-refractivity contribution in [3.05, 3.63) is 28.3 Å². The number of halogens is 5. The highest BCUT2D eigenvalue weighted by molar-refractivity contribution is 6.67. The minimum atomic E-state index is -2.99. The van der Waals surface area contributed by atoms with Crippen molar-refractivity contribution < 1.29 is 18.0 Å². The molecule has 0 spiro atoms. The number of nitrogens with zero attached hydrogens (tertiary/aromatic N) is 1. The van der Waals surface area contributed by atoms with Gasteiger partial charge in [0.2, 0.25) is 0 Å². The first-order valence-corrected chi connectivity index (χ1v) is 4.03. The van der Waals surface area contributed by atoms with Crippen molar-refractivity contribution in [2.75, 3.05) is 0 Å². The monoisotopic (exact) mass is 243 g/mol. The van der Waals surface area contributed by atoms with E-state index in [1.807, 2.05) is 0 Å². The third-order valence-corrected chi connectivity index (χ3v) is 1.83. The van der Waals surface area contributed by atoms with E-state index in [0.29, 0.717) is 6.07 Å². The van der Waals surface area contributed by atoms with Crippen molar-refractivity contribution in [3.8, 4) is 0 Å². The fourth-order valence-electron chi connectivity index (χ4n) is 0.772. The van der Waals surface area contributed by atoms with Crippen LogP contribution in [0.15, 0.2) is 6.07 Å². The molecular weight excluding hydrogens is 242 g/mol. The summed E-state index contributed by atoms with van der Waals surface area (Å²) in [6.45, 7) is 0. The second kappa shape index (κ2) is 4.14. The van der Waals surface area contributed by atoms with Crippen LogP contribution in [0.25, 0.3) is 0 Å². The Balaban J connectivity index is 3.34. The van der Waals surface area contributed by atoms with Crippen LogP contribution in [0, 0.1) is 5.82 Å². The normalized spacial score (nSPS) is 10.7. The molecule has 1 aromatic rings. The summed E-state index contributed by atoms with van der Waals surface area (Å²) < 4.78 is 37.2. The molecule has 0 aromatic carbocycles. The molecule has 1 heterocycles. The molecule has 1 aromatic heterocycles. The summed E-state index contributed by atoms with van der Waals surface area (Å²) in [5.74, 6) is -1.13. The van der Waals surface area contributed by atoms with Gasteiger partial charge in [0, 0.05) is 0 Å². The molecule has 0 aliphatic carbocycles. The van der Waals surface area contributed by atoms with Crippen LogP contribution in [0.1, 0.15) is 22.6 Å². The zero-order chi connectivity index (χ0) is 10.9. The highest BCUT2D eigenvalue weighted by Crippen LogP contribution is 2.26. The lowest BCUT2D eigenvalue weighted by Gasteiger charge is -2.03. The molecule has 0 N–H and O–H groups in total. The van der Waals surface area contributed by atoms with Gasteiger partial charge < -0.3 is 0 Å². The Morgan fingerprint density at radius 2 is 2.07 bits per heavy atom. The fourth-order valence-corrected chi connectivity index (χ4v) is 1.12. The molecule has 2 nitrogen and oxygen atoms in total. The van der Waals surface area contributed by atoms with Gasteiger partial charge in [-0.2, -0.15) is 0 Å². The van der Waals surface area contributed by atoms with Crippen molar-refractivity contribution in [1.82, 2.24) is 4.98 Å². The minimum Gasteiger partial charge on any atom is -0.274 e. The summed E-state index contributed by atoms with van der Waals surface area (Å²) in [6.07, 6.45) is -2.99. The number of carbonyl (C=O) groups is 1. The van der Waals surface area contributed by atoms with Crippen molar-refractivity contribution in [3.63, 3.8) is 0 Å². The van der Waals surface area contributed by atoms with Crippen LogP contribution in [-0.4, -0.2) is 10.2 Å². The Morgan fingerprint density at radius 1 is 1.50 bits per heavy atom. The molecule has 14 heavy (non-hydrogen) atoms. The molecule has 0 fully saturated rings. The van der Waals surface area contributed by atoms with Gasteiger partial charge in [0.15, 0.2) is 11.5 Å². The van der Waals surface area contributed by atoms with Crippen LogP contribution in [0.4, 0.5) is 13.2 Å². The predicted octanol–water partition coefficient (Wildman–Crippen LogP) is 3.19. The molecule has 0 aliphatic rings. The lowest BCUT2D eigenvalue weighted by Crippen LogP contribution is -2.04. The smallest absolute Gasteiger partial charge is 0.274 e. The van der Waals surface area contributed by atoms with E-state index in [0.717, 1.165) is 0 Å². The maximum atomic E-state index is 12.8. The number of alkyl halides is 2.